The van der Waals surface area contributed by atoms with E-state index in [0.29, 0.717) is 21.7 Å². The van der Waals surface area contributed by atoms with Crippen molar-refractivity contribution in [1.82, 2.24) is 14.8 Å². The summed E-state index contributed by atoms with van der Waals surface area (Å²) < 4.78 is 1.79. The first-order valence-electron chi connectivity index (χ1n) is 12.1. The van der Waals surface area contributed by atoms with E-state index < -0.39 is 6.04 Å². The Balaban J connectivity index is 1.50. The minimum absolute atomic E-state index is 0.197. The maximum Gasteiger partial charge on any atom is 0.255 e. The SMILES string of the molecule is CC1=C(C(=O)Nc2ccc(C)cc2C)C(c2cccc(Cl)c2)n2nc(SCc3cccc(C)c3)nc2N1. The Hall–Kier alpha value is -3.55. The zero-order valence-corrected chi connectivity index (χ0v) is 22.7. The average Bonchev–Trinajstić information content (AvgIpc) is 3.26. The van der Waals surface area contributed by atoms with E-state index in [4.69, 9.17) is 21.7 Å². The van der Waals surface area contributed by atoms with Gasteiger partial charge < -0.3 is 10.6 Å². The molecule has 0 aliphatic carbocycles. The van der Waals surface area contributed by atoms with Gasteiger partial charge in [0.1, 0.15) is 6.04 Å². The summed E-state index contributed by atoms with van der Waals surface area (Å²) in [7, 11) is 0. The number of nitrogens with one attached hydrogen (secondary N) is 2. The van der Waals surface area contributed by atoms with E-state index in [1.54, 1.807) is 16.4 Å². The van der Waals surface area contributed by atoms with E-state index >= 15 is 0 Å². The van der Waals surface area contributed by atoms with Gasteiger partial charge >= 0.3 is 0 Å². The number of fused-ring (bicyclic) bond motifs is 1. The monoisotopic (exact) mass is 529 g/mol. The Morgan fingerprint density at radius 3 is 2.57 bits per heavy atom. The topological polar surface area (TPSA) is 71.8 Å². The van der Waals surface area contributed by atoms with Crippen molar-refractivity contribution in [3.63, 3.8) is 0 Å². The van der Waals surface area contributed by atoms with Crippen LogP contribution in [0.5, 0.6) is 0 Å². The minimum Gasteiger partial charge on any atom is -0.328 e. The lowest BCUT2D eigenvalue weighted by Gasteiger charge is -2.29. The predicted molar refractivity (Wildman–Crippen MR) is 151 cm³/mol. The van der Waals surface area contributed by atoms with Crippen LogP contribution < -0.4 is 10.6 Å². The Morgan fingerprint density at radius 2 is 1.81 bits per heavy atom. The molecule has 8 heteroatoms. The van der Waals surface area contributed by atoms with Crippen molar-refractivity contribution in [3.8, 4) is 0 Å². The lowest BCUT2D eigenvalue weighted by atomic mass is 9.95. The Morgan fingerprint density at radius 1 is 1.03 bits per heavy atom. The molecule has 0 saturated carbocycles. The highest BCUT2D eigenvalue weighted by atomic mass is 35.5. The molecule has 1 aromatic heterocycles. The number of amides is 1. The summed E-state index contributed by atoms with van der Waals surface area (Å²) in [6, 6.07) is 21.4. The minimum atomic E-state index is -0.485. The molecule has 1 aliphatic heterocycles. The van der Waals surface area contributed by atoms with Crippen LogP contribution in [0.25, 0.3) is 0 Å². The number of anilines is 2. The maximum atomic E-state index is 13.7. The number of thioether (sulfide) groups is 1. The number of allylic oxidation sites excluding steroid dienone is 1. The van der Waals surface area contributed by atoms with Crippen LogP contribution >= 0.6 is 23.4 Å². The summed E-state index contributed by atoms with van der Waals surface area (Å²) in [6.07, 6.45) is 0. The summed E-state index contributed by atoms with van der Waals surface area (Å²) in [5.74, 6) is 1.15. The third kappa shape index (κ3) is 5.43. The average molecular weight is 530 g/mol. The Labute approximate surface area is 226 Å². The largest absolute Gasteiger partial charge is 0.328 e. The first kappa shape index (κ1) is 25.1. The number of aryl methyl sites for hydroxylation is 3. The lowest BCUT2D eigenvalue weighted by molar-refractivity contribution is -0.113. The Bertz CT molecular complexity index is 1530. The predicted octanol–water partition coefficient (Wildman–Crippen LogP) is 7.08. The van der Waals surface area contributed by atoms with E-state index in [9.17, 15) is 4.79 Å². The van der Waals surface area contributed by atoms with Gasteiger partial charge in [-0.25, -0.2) is 4.68 Å². The lowest BCUT2D eigenvalue weighted by Crippen LogP contribution is -2.31. The highest BCUT2D eigenvalue weighted by Gasteiger charge is 2.34. The van der Waals surface area contributed by atoms with Crippen molar-refractivity contribution in [2.24, 2.45) is 0 Å². The molecule has 0 radical (unpaired) electrons. The molecule has 0 fully saturated rings. The molecule has 0 spiro atoms. The zero-order chi connectivity index (χ0) is 26.1. The van der Waals surface area contributed by atoms with Crippen LogP contribution in [0.2, 0.25) is 5.02 Å². The van der Waals surface area contributed by atoms with E-state index in [2.05, 4.69) is 47.9 Å². The molecule has 4 aromatic rings. The number of benzene rings is 3. The molecule has 5 rings (SSSR count). The number of hydrogen-bond donors (Lipinski definition) is 2. The highest BCUT2D eigenvalue weighted by molar-refractivity contribution is 7.98. The fourth-order valence-electron chi connectivity index (χ4n) is 4.56. The number of halogens is 1. The van der Waals surface area contributed by atoms with Crippen molar-refractivity contribution in [2.75, 3.05) is 10.6 Å². The smallest absolute Gasteiger partial charge is 0.255 e. The number of carbonyl (C=O) groups is 1. The quantitative estimate of drug-likeness (QED) is 0.261. The summed E-state index contributed by atoms with van der Waals surface area (Å²) in [5, 5.41) is 12.5. The second-order valence-corrected chi connectivity index (χ2v) is 10.7. The van der Waals surface area contributed by atoms with Gasteiger partial charge in [-0.05, 0) is 62.6 Å². The standard InChI is InChI=1S/C29H28ClN5OS/c1-17-7-5-8-21(14-17)16-37-29-33-28-31-20(4)25(27(36)32-24-12-11-18(2)13-19(24)3)26(35(28)34-29)22-9-6-10-23(30)15-22/h5-15,26H,16H2,1-4H3,(H,32,36)(H,31,33,34). The van der Waals surface area contributed by atoms with Crippen LogP contribution in [0.15, 0.2) is 83.2 Å². The molecule has 0 saturated heterocycles. The van der Waals surface area contributed by atoms with Crippen molar-refractivity contribution in [2.45, 2.75) is 44.6 Å². The van der Waals surface area contributed by atoms with E-state index in [-0.39, 0.29) is 5.91 Å². The number of nitrogens with zero attached hydrogens (tertiary/aromatic N) is 3. The summed E-state index contributed by atoms with van der Waals surface area (Å²) in [5.41, 5.74) is 7.50. The summed E-state index contributed by atoms with van der Waals surface area (Å²) >= 11 is 7.94. The van der Waals surface area contributed by atoms with Crippen LogP contribution in [-0.4, -0.2) is 20.7 Å². The maximum absolute atomic E-state index is 13.7. The number of aromatic nitrogens is 3. The molecule has 3 aromatic carbocycles. The number of hydrogen-bond acceptors (Lipinski definition) is 5. The van der Waals surface area contributed by atoms with Gasteiger partial charge in [0, 0.05) is 22.2 Å². The van der Waals surface area contributed by atoms with Crippen molar-refractivity contribution in [3.05, 3.63) is 111 Å². The molecule has 188 valence electrons. The van der Waals surface area contributed by atoms with Gasteiger partial charge in [0.15, 0.2) is 0 Å². The van der Waals surface area contributed by atoms with E-state index in [0.717, 1.165) is 33.8 Å². The molecule has 2 N–H and O–H groups in total. The third-order valence-electron chi connectivity index (χ3n) is 6.32. The first-order valence-corrected chi connectivity index (χ1v) is 13.4. The number of carbonyl (C=O) groups excluding carboxylic acids is 1. The molecule has 0 bridgehead atoms. The van der Waals surface area contributed by atoms with Gasteiger partial charge in [-0.1, -0.05) is 83.0 Å². The molecule has 1 amide bonds. The van der Waals surface area contributed by atoms with Crippen LogP contribution in [0.3, 0.4) is 0 Å². The van der Waals surface area contributed by atoms with Crippen LogP contribution in [0.1, 0.15) is 40.8 Å². The van der Waals surface area contributed by atoms with Gasteiger partial charge in [-0.15, -0.1) is 5.10 Å². The van der Waals surface area contributed by atoms with Gasteiger partial charge in [0.05, 0.1) is 5.57 Å². The molecule has 2 heterocycles. The molecule has 6 nitrogen and oxygen atoms in total. The van der Waals surface area contributed by atoms with Crippen LogP contribution in [-0.2, 0) is 10.5 Å². The zero-order valence-electron chi connectivity index (χ0n) is 21.2. The third-order valence-corrected chi connectivity index (χ3v) is 7.47. The molecule has 37 heavy (non-hydrogen) atoms. The van der Waals surface area contributed by atoms with Gasteiger partial charge in [-0.3, -0.25) is 4.79 Å². The fraction of sp³-hybridized carbons (Fsp3) is 0.207. The van der Waals surface area contributed by atoms with Gasteiger partial charge in [-0.2, -0.15) is 4.98 Å². The van der Waals surface area contributed by atoms with Gasteiger partial charge in [0.25, 0.3) is 5.91 Å². The van der Waals surface area contributed by atoms with Crippen molar-refractivity contribution in [1.29, 1.82) is 0 Å². The second kappa shape index (κ2) is 10.4. The van der Waals surface area contributed by atoms with Gasteiger partial charge in [0.2, 0.25) is 11.1 Å². The summed E-state index contributed by atoms with van der Waals surface area (Å²) in [6.45, 7) is 8.00. The van der Waals surface area contributed by atoms with E-state index in [1.807, 2.05) is 57.2 Å². The molecular weight excluding hydrogens is 502 g/mol. The van der Waals surface area contributed by atoms with Crippen molar-refractivity contribution < 1.29 is 4.79 Å². The highest BCUT2D eigenvalue weighted by Crippen LogP contribution is 2.38. The van der Waals surface area contributed by atoms with E-state index in [1.165, 1.54) is 11.1 Å². The summed E-state index contributed by atoms with van der Waals surface area (Å²) in [4.78, 5) is 18.5. The number of rotatable bonds is 6. The normalized spacial score (nSPS) is 14.8. The first-order chi connectivity index (χ1) is 17.8. The van der Waals surface area contributed by atoms with Crippen LogP contribution in [0.4, 0.5) is 11.6 Å². The molecule has 1 aliphatic rings. The van der Waals surface area contributed by atoms with Crippen molar-refractivity contribution >= 4 is 40.9 Å². The van der Waals surface area contributed by atoms with Crippen LogP contribution in [0, 0.1) is 20.8 Å². The fourth-order valence-corrected chi connectivity index (χ4v) is 5.54. The molecule has 1 unspecified atom stereocenters. The Kier molecular flexibility index (Phi) is 7.09. The second-order valence-electron chi connectivity index (χ2n) is 9.33. The molecular formula is C29H28ClN5OS. The molecule has 1 atom stereocenters.